The van der Waals surface area contributed by atoms with Gasteiger partial charge in [0, 0.05) is 11.8 Å². The molecule has 33 heavy (non-hydrogen) atoms. The van der Waals surface area contributed by atoms with Crippen molar-refractivity contribution in [3.05, 3.63) is 101 Å². The first-order valence-electron chi connectivity index (χ1n) is 10.8. The zero-order valence-corrected chi connectivity index (χ0v) is 17.7. The lowest BCUT2D eigenvalue weighted by atomic mass is 9.73. The van der Waals surface area contributed by atoms with Gasteiger partial charge < -0.3 is 0 Å². The van der Waals surface area contributed by atoms with E-state index in [2.05, 4.69) is 15.2 Å². The lowest BCUT2D eigenvalue weighted by molar-refractivity contribution is 0.401. The van der Waals surface area contributed by atoms with Gasteiger partial charge >= 0.3 is 0 Å². The molecular weight excluding hydrogens is 420 g/mol. The first-order chi connectivity index (χ1) is 16.2. The van der Waals surface area contributed by atoms with E-state index in [1.807, 2.05) is 36.4 Å². The van der Waals surface area contributed by atoms with Gasteiger partial charge in [0.25, 0.3) is 0 Å². The molecule has 0 spiro atoms. The van der Waals surface area contributed by atoms with Gasteiger partial charge in [0.1, 0.15) is 5.82 Å². The summed E-state index contributed by atoms with van der Waals surface area (Å²) in [6, 6.07) is 16.9. The normalized spacial score (nSPS) is 15.0. The summed E-state index contributed by atoms with van der Waals surface area (Å²) in [6.07, 6.45) is 8.76. The topological polar surface area (TPSA) is 58.6 Å². The van der Waals surface area contributed by atoms with Crippen molar-refractivity contribution in [1.82, 2.24) is 15.2 Å². The molecule has 1 N–H and O–H groups in total. The average Bonchev–Trinajstić information content (AvgIpc) is 3.18. The van der Waals surface area contributed by atoms with Crippen molar-refractivity contribution in [2.75, 3.05) is 0 Å². The second-order valence-electron chi connectivity index (χ2n) is 8.10. The van der Waals surface area contributed by atoms with Gasteiger partial charge in [-0.2, -0.15) is 4.39 Å². The molecule has 2 heterocycles. The van der Waals surface area contributed by atoms with Gasteiger partial charge in [-0.25, -0.2) is 4.39 Å². The van der Waals surface area contributed by atoms with Crippen LogP contribution < -0.4 is 0 Å². The van der Waals surface area contributed by atoms with Gasteiger partial charge in [0.15, 0.2) is 0 Å². The van der Waals surface area contributed by atoms with E-state index >= 15 is 0 Å². The minimum absolute atomic E-state index is 0.0580. The fraction of sp³-hybridized carbons (Fsp3) is 0.148. The van der Waals surface area contributed by atoms with Crippen molar-refractivity contribution < 1.29 is 13.6 Å². The van der Waals surface area contributed by atoms with E-state index in [9.17, 15) is 13.6 Å². The number of hydrogen-bond donors (Lipinski definition) is 1. The second-order valence-corrected chi connectivity index (χ2v) is 8.10. The van der Waals surface area contributed by atoms with E-state index in [4.69, 9.17) is 0 Å². The largest absolute Gasteiger partial charge is 0.286 e. The van der Waals surface area contributed by atoms with E-state index in [1.54, 1.807) is 24.6 Å². The highest BCUT2D eigenvalue weighted by atomic mass is 19.1. The molecule has 4 aromatic rings. The number of pyridine rings is 1. The lowest BCUT2D eigenvalue weighted by Gasteiger charge is -2.31. The molecule has 0 aliphatic heterocycles. The number of aromatic amines is 1. The Bertz CT molecular complexity index is 1390. The summed E-state index contributed by atoms with van der Waals surface area (Å²) in [6.45, 7) is 0. The number of allylic oxidation sites excluding steroid dienone is 2. The summed E-state index contributed by atoms with van der Waals surface area (Å²) in [5.41, 5.74) is 4.96. The van der Waals surface area contributed by atoms with Crippen LogP contribution >= 0.6 is 0 Å². The zero-order valence-electron chi connectivity index (χ0n) is 17.7. The Hall–Kier alpha value is -3.93. The quantitative estimate of drug-likeness (QED) is 0.290. The molecule has 6 heteroatoms. The standard InChI is InChI=1S/C27H20F2N3O/c28-22-15-20(16-30-24(22)10-5-13-33)26(19-11-12-23-21(14-19)27(29)32-31-23)25(18-8-4-9-18)17-6-2-1-3-7-17/h1-3,5-7,10-12,14-16,18H,4,8-9H2,(H,31,32)/b10-5+,26-25+. The Labute approximate surface area is 189 Å². The van der Waals surface area contributed by atoms with Crippen molar-refractivity contribution in [2.45, 2.75) is 19.3 Å². The van der Waals surface area contributed by atoms with Crippen LogP contribution in [-0.4, -0.2) is 21.5 Å². The van der Waals surface area contributed by atoms with E-state index < -0.39 is 11.8 Å². The van der Waals surface area contributed by atoms with Crippen LogP contribution in [-0.2, 0) is 4.79 Å². The first-order valence-corrected chi connectivity index (χ1v) is 10.8. The number of carbonyl (C=O) groups excluding carboxylic acids is 1. The molecular formula is C27H20F2N3O. The Balaban J connectivity index is 1.78. The van der Waals surface area contributed by atoms with Crippen molar-refractivity contribution in [3.8, 4) is 0 Å². The lowest BCUT2D eigenvalue weighted by Crippen LogP contribution is -2.15. The van der Waals surface area contributed by atoms with E-state index in [-0.39, 0.29) is 5.69 Å². The molecule has 1 fully saturated rings. The summed E-state index contributed by atoms with van der Waals surface area (Å²) >= 11 is 0. The van der Waals surface area contributed by atoms with E-state index in [0.717, 1.165) is 47.6 Å². The molecule has 2 aromatic heterocycles. The molecule has 1 aliphatic rings. The molecule has 0 saturated heterocycles. The molecule has 0 amide bonds. The van der Waals surface area contributed by atoms with Crippen LogP contribution in [0.5, 0.6) is 0 Å². The number of H-pyrrole nitrogens is 1. The number of aromatic nitrogens is 3. The van der Waals surface area contributed by atoms with Crippen molar-refractivity contribution >= 4 is 34.4 Å². The summed E-state index contributed by atoms with van der Waals surface area (Å²) in [4.78, 5) is 14.8. The van der Waals surface area contributed by atoms with Crippen LogP contribution in [0.4, 0.5) is 8.78 Å². The van der Waals surface area contributed by atoms with Gasteiger partial charge in [-0.1, -0.05) is 42.8 Å². The highest BCUT2D eigenvalue weighted by Crippen LogP contribution is 2.45. The minimum Gasteiger partial charge on any atom is -0.286 e. The number of halogens is 2. The van der Waals surface area contributed by atoms with Crippen molar-refractivity contribution in [3.63, 3.8) is 0 Å². The SMILES string of the molecule is O=[C]/C=C/c1ncc(/C(=C(\c2ccccc2)C2CCC2)c2ccc3[nH]nc(F)c3c2)cc1F. The maximum Gasteiger partial charge on any atom is 0.240 e. The third-order valence-electron chi connectivity index (χ3n) is 6.14. The Morgan fingerprint density at radius 1 is 1.03 bits per heavy atom. The van der Waals surface area contributed by atoms with E-state index in [1.165, 1.54) is 12.1 Å². The number of hydrogen-bond acceptors (Lipinski definition) is 3. The van der Waals surface area contributed by atoms with Crippen LogP contribution in [0, 0.1) is 17.7 Å². The number of fused-ring (bicyclic) bond motifs is 1. The molecule has 163 valence electrons. The molecule has 0 unspecified atom stereocenters. The average molecular weight is 440 g/mol. The highest BCUT2D eigenvalue weighted by molar-refractivity contribution is 6.01. The van der Waals surface area contributed by atoms with Gasteiger partial charge in [0.05, 0.1) is 16.6 Å². The first kappa shape index (κ1) is 20.9. The summed E-state index contributed by atoms with van der Waals surface area (Å²) in [5, 5.41) is 6.73. The van der Waals surface area contributed by atoms with Crippen LogP contribution in [0.25, 0.3) is 28.1 Å². The Morgan fingerprint density at radius 3 is 2.55 bits per heavy atom. The number of nitrogens with one attached hydrogen (secondary N) is 1. The van der Waals surface area contributed by atoms with Crippen molar-refractivity contribution in [2.24, 2.45) is 5.92 Å². The highest BCUT2D eigenvalue weighted by Gasteiger charge is 2.28. The fourth-order valence-corrected chi connectivity index (χ4v) is 4.33. The van der Waals surface area contributed by atoms with E-state index in [0.29, 0.717) is 22.4 Å². The number of rotatable bonds is 6. The summed E-state index contributed by atoms with van der Waals surface area (Å²) in [7, 11) is 0. The summed E-state index contributed by atoms with van der Waals surface area (Å²) < 4.78 is 29.3. The third kappa shape index (κ3) is 4.00. The zero-order chi connectivity index (χ0) is 22.8. The Morgan fingerprint density at radius 2 is 1.85 bits per heavy atom. The third-order valence-corrected chi connectivity index (χ3v) is 6.14. The molecule has 1 radical (unpaired) electrons. The second kappa shape index (κ2) is 8.90. The van der Waals surface area contributed by atoms with Gasteiger partial charge in [-0.05, 0) is 71.4 Å². The molecule has 0 bridgehead atoms. The van der Waals surface area contributed by atoms with Gasteiger partial charge in [-0.15, -0.1) is 5.10 Å². The van der Waals surface area contributed by atoms with Crippen molar-refractivity contribution in [1.29, 1.82) is 0 Å². The predicted octanol–water partition coefficient (Wildman–Crippen LogP) is 6.12. The molecule has 4 nitrogen and oxygen atoms in total. The predicted molar refractivity (Wildman–Crippen MR) is 125 cm³/mol. The number of benzene rings is 2. The maximum atomic E-state index is 14.9. The monoisotopic (exact) mass is 440 g/mol. The fourth-order valence-electron chi connectivity index (χ4n) is 4.33. The summed E-state index contributed by atoms with van der Waals surface area (Å²) in [5.74, 6) is -0.821. The maximum absolute atomic E-state index is 14.9. The van der Waals surface area contributed by atoms with Crippen LogP contribution in [0.3, 0.4) is 0 Å². The van der Waals surface area contributed by atoms with Crippen LogP contribution in [0.2, 0.25) is 0 Å². The molecule has 5 rings (SSSR count). The van der Waals surface area contributed by atoms with Gasteiger partial charge in [0.2, 0.25) is 12.2 Å². The van der Waals surface area contributed by atoms with Crippen LogP contribution in [0.15, 0.2) is 66.9 Å². The molecule has 2 aromatic carbocycles. The van der Waals surface area contributed by atoms with Crippen LogP contribution in [0.1, 0.15) is 41.6 Å². The number of nitrogens with zero attached hydrogens (tertiary/aromatic N) is 2. The molecule has 0 atom stereocenters. The smallest absolute Gasteiger partial charge is 0.240 e. The molecule has 1 aliphatic carbocycles. The molecule has 1 saturated carbocycles. The Kier molecular flexibility index (Phi) is 5.65. The minimum atomic E-state index is -0.578. The van der Waals surface area contributed by atoms with Gasteiger partial charge in [-0.3, -0.25) is 14.9 Å².